The summed E-state index contributed by atoms with van der Waals surface area (Å²) >= 11 is 0. The molecular formula is C42H58N4O6. The predicted octanol–water partition coefficient (Wildman–Crippen LogP) is 6.09. The maximum atomic E-state index is 15.3. The lowest BCUT2D eigenvalue weighted by molar-refractivity contribution is -0.150. The summed E-state index contributed by atoms with van der Waals surface area (Å²) in [7, 11) is 0. The molecule has 0 aromatic heterocycles. The number of aliphatic hydroxyl groups excluding tert-OH is 1. The molecule has 1 spiro atoms. The largest absolute Gasteiger partial charge is 0.494 e. The molecule has 3 saturated heterocycles. The number of carbonyl (C=O) groups is 3. The number of nitrogens with zero attached hydrogens (tertiary/aromatic N) is 4. The van der Waals surface area contributed by atoms with Crippen molar-refractivity contribution in [1.29, 1.82) is 0 Å². The van der Waals surface area contributed by atoms with Gasteiger partial charge in [0.1, 0.15) is 17.4 Å². The third-order valence-electron chi connectivity index (χ3n) is 12.0. The number of fused-ring (bicyclic) bond motifs is 1. The lowest BCUT2D eigenvalue weighted by atomic mass is 9.62. The molecule has 0 radical (unpaired) electrons. The first-order valence-electron chi connectivity index (χ1n) is 19.0. The van der Waals surface area contributed by atoms with Gasteiger partial charge in [-0.3, -0.25) is 14.4 Å². The van der Waals surface area contributed by atoms with Crippen LogP contribution in [-0.4, -0.2) is 90.4 Å². The van der Waals surface area contributed by atoms with Gasteiger partial charge < -0.3 is 34.2 Å². The van der Waals surface area contributed by atoms with Crippen LogP contribution < -0.4 is 19.4 Å². The topological polar surface area (TPSA) is 103 Å². The van der Waals surface area contributed by atoms with Crippen LogP contribution in [0, 0.1) is 23.7 Å². The van der Waals surface area contributed by atoms with E-state index in [9.17, 15) is 5.11 Å². The number of aliphatic hydroxyl groups is 1. The van der Waals surface area contributed by atoms with Crippen LogP contribution in [-0.2, 0) is 19.1 Å². The molecule has 10 nitrogen and oxygen atoms in total. The summed E-state index contributed by atoms with van der Waals surface area (Å²) < 4.78 is 12.7. The minimum absolute atomic E-state index is 0.124. The third-order valence-corrected chi connectivity index (χ3v) is 12.0. The fraction of sp³-hybridized carbons (Fsp3) is 0.548. The Labute approximate surface area is 310 Å². The van der Waals surface area contributed by atoms with Gasteiger partial charge in [0.15, 0.2) is 0 Å². The van der Waals surface area contributed by atoms with Crippen LogP contribution in [0.25, 0.3) is 0 Å². The van der Waals surface area contributed by atoms with Gasteiger partial charge in [0.2, 0.25) is 11.8 Å². The molecule has 5 rings (SSSR count). The molecule has 3 amide bonds. The molecule has 2 bridgehead atoms. The summed E-state index contributed by atoms with van der Waals surface area (Å²) in [6.45, 7) is 24.3. The Hall–Kier alpha value is -4.15. The van der Waals surface area contributed by atoms with Crippen LogP contribution in [0.2, 0.25) is 0 Å². The molecule has 3 heterocycles. The van der Waals surface area contributed by atoms with Crippen LogP contribution in [0.15, 0.2) is 73.8 Å². The van der Waals surface area contributed by atoms with Gasteiger partial charge in [-0.15, -0.1) is 13.2 Å². The molecule has 10 heteroatoms. The lowest BCUT2D eigenvalue weighted by Gasteiger charge is -2.41. The minimum Gasteiger partial charge on any atom is -0.494 e. The smallest absolute Gasteiger partial charge is 0.253 e. The van der Waals surface area contributed by atoms with E-state index in [-0.39, 0.29) is 49.3 Å². The van der Waals surface area contributed by atoms with Gasteiger partial charge in [-0.25, -0.2) is 0 Å². The number of benzene rings is 2. The van der Waals surface area contributed by atoms with Crippen molar-refractivity contribution >= 4 is 34.8 Å². The molecular weight excluding hydrogens is 656 g/mol. The van der Waals surface area contributed by atoms with E-state index in [1.807, 2.05) is 83.1 Å². The standard InChI is InChI=1S/C42H58N4O6/c1-10-24-44(32-20-22-33(23-21-32)51-15-6)38(48)35-36-39(49)46(34(27-47)28(7)12-3)37(42(36)26-29(8)41(35,9)52-42)40(50)45(25-11-2)31-18-16-30(17-19-31)43(13-4)14-5/h10-11,16-23,28-29,34-37,47H,1-2,12-15,24-27H2,3-9H3/t28-,29?,34-,35+,36-,37?,41-,42?/m0/s1. The fourth-order valence-electron chi connectivity index (χ4n) is 9.04. The second-order valence-corrected chi connectivity index (χ2v) is 14.7. The van der Waals surface area contributed by atoms with Gasteiger partial charge in [0, 0.05) is 43.2 Å². The summed E-state index contributed by atoms with van der Waals surface area (Å²) in [6, 6.07) is 13.5. The Morgan fingerprint density at radius 3 is 2.00 bits per heavy atom. The summed E-state index contributed by atoms with van der Waals surface area (Å²) in [6.07, 6.45) is 4.45. The van der Waals surface area contributed by atoms with Gasteiger partial charge in [0.05, 0.1) is 36.7 Å². The average Bonchev–Trinajstić information content (AvgIpc) is 3.66. The van der Waals surface area contributed by atoms with Crippen molar-refractivity contribution in [3.63, 3.8) is 0 Å². The van der Waals surface area contributed by atoms with Gasteiger partial charge in [-0.1, -0.05) is 39.3 Å². The van der Waals surface area contributed by atoms with Crippen LogP contribution >= 0.6 is 0 Å². The van der Waals surface area contributed by atoms with Crippen LogP contribution in [0.4, 0.5) is 17.1 Å². The molecule has 3 unspecified atom stereocenters. The Balaban J connectivity index is 1.63. The van der Waals surface area contributed by atoms with Crippen molar-refractivity contribution in [1.82, 2.24) is 4.90 Å². The van der Waals surface area contributed by atoms with Gasteiger partial charge >= 0.3 is 0 Å². The quantitative estimate of drug-likeness (QED) is 0.198. The zero-order valence-corrected chi connectivity index (χ0v) is 32.1. The Morgan fingerprint density at radius 2 is 1.50 bits per heavy atom. The summed E-state index contributed by atoms with van der Waals surface area (Å²) in [5, 5.41) is 10.9. The molecule has 2 aromatic carbocycles. The SMILES string of the molecule is C=CCN(C(=O)C1N([C@@H](CO)[C@@H](C)CC)C(=O)[C@@H]2[C@H](C(=O)N(CC=C)c3ccc(OCC)cc3)[C@@]3(C)OC12CC3C)c1ccc(N(CC)CC)cc1. The van der Waals surface area contributed by atoms with Crippen molar-refractivity contribution in [3.05, 3.63) is 73.8 Å². The Morgan fingerprint density at radius 1 is 0.962 bits per heavy atom. The zero-order chi connectivity index (χ0) is 38.0. The van der Waals surface area contributed by atoms with Crippen molar-refractivity contribution in [3.8, 4) is 5.75 Å². The highest BCUT2D eigenvalue weighted by Crippen LogP contribution is 2.66. The number of amides is 3. The van der Waals surface area contributed by atoms with Crippen molar-refractivity contribution in [2.75, 3.05) is 54.1 Å². The number of hydrogen-bond donors (Lipinski definition) is 1. The second-order valence-electron chi connectivity index (χ2n) is 14.7. The maximum Gasteiger partial charge on any atom is 0.253 e. The predicted molar refractivity (Wildman–Crippen MR) is 207 cm³/mol. The summed E-state index contributed by atoms with van der Waals surface area (Å²) in [4.78, 5) is 52.6. The first-order valence-corrected chi connectivity index (χ1v) is 19.0. The molecule has 282 valence electrons. The molecule has 3 aliphatic rings. The van der Waals surface area contributed by atoms with Crippen LogP contribution in [0.5, 0.6) is 5.75 Å². The third kappa shape index (κ3) is 6.42. The van der Waals surface area contributed by atoms with Crippen molar-refractivity contribution in [2.45, 2.75) is 84.6 Å². The first-order chi connectivity index (χ1) is 24.9. The molecule has 0 aliphatic carbocycles. The van der Waals surface area contributed by atoms with E-state index in [1.165, 1.54) is 0 Å². The lowest BCUT2D eigenvalue weighted by Crippen LogP contribution is -2.60. The van der Waals surface area contributed by atoms with E-state index in [1.54, 1.807) is 26.9 Å². The molecule has 0 saturated carbocycles. The van der Waals surface area contributed by atoms with E-state index in [0.717, 1.165) is 18.8 Å². The van der Waals surface area contributed by atoms with E-state index in [4.69, 9.17) is 9.47 Å². The summed E-state index contributed by atoms with van der Waals surface area (Å²) in [5.41, 5.74) is 0.0550. The maximum absolute atomic E-state index is 15.3. The number of carbonyl (C=O) groups excluding carboxylic acids is 3. The van der Waals surface area contributed by atoms with E-state index in [2.05, 4.69) is 31.9 Å². The van der Waals surface area contributed by atoms with Gasteiger partial charge in [0.25, 0.3) is 5.91 Å². The molecule has 3 fully saturated rings. The fourth-order valence-corrected chi connectivity index (χ4v) is 9.04. The monoisotopic (exact) mass is 714 g/mol. The minimum atomic E-state index is -1.29. The van der Waals surface area contributed by atoms with Crippen molar-refractivity contribution < 1.29 is 29.0 Å². The first kappa shape index (κ1) is 39.1. The van der Waals surface area contributed by atoms with Crippen LogP contribution in [0.1, 0.15) is 61.3 Å². The molecule has 1 N–H and O–H groups in total. The number of likely N-dealkylation sites (tertiary alicyclic amines) is 1. The molecule has 8 atom stereocenters. The van der Waals surface area contributed by atoms with Gasteiger partial charge in [-0.05, 0) is 94.5 Å². The highest BCUT2D eigenvalue weighted by molar-refractivity contribution is 6.07. The molecule has 52 heavy (non-hydrogen) atoms. The summed E-state index contributed by atoms with van der Waals surface area (Å²) in [5.74, 6) is -2.29. The number of rotatable bonds is 17. The molecule has 3 aliphatic heterocycles. The Bertz CT molecular complexity index is 1610. The van der Waals surface area contributed by atoms with Crippen LogP contribution in [0.3, 0.4) is 0 Å². The molecule has 2 aromatic rings. The number of ether oxygens (including phenoxy) is 2. The normalized spacial score (nSPS) is 27.2. The Kier molecular flexibility index (Phi) is 11.9. The average molecular weight is 715 g/mol. The number of anilines is 3. The van der Waals surface area contributed by atoms with E-state index < -0.39 is 35.1 Å². The highest BCUT2D eigenvalue weighted by atomic mass is 16.5. The highest BCUT2D eigenvalue weighted by Gasteiger charge is 2.80. The van der Waals surface area contributed by atoms with Crippen molar-refractivity contribution in [2.24, 2.45) is 23.7 Å². The van der Waals surface area contributed by atoms with Gasteiger partial charge in [-0.2, -0.15) is 0 Å². The zero-order valence-electron chi connectivity index (χ0n) is 32.1. The number of hydrogen-bond acceptors (Lipinski definition) is 7. The second kappa shape index (κ2) is 15.8. The van der Waals surface area contributed by atoms with E-state index in [0.29, 0.717) is 36.6 Å². The van der Waals surface area contributed by atoms with E-state index >= 15 is 14.4 Å².